The van der Waals surface area contributed by atoms with Crippen LogP contribution in [0.15, 0.2) is 18.5 Å². The number of aromatic nitrogens is 1. The van der Waals surface area contributed by atoms with Crippen molar-refractivity contribution < 1.29 is 14.6 Å². The lowest BCUT2D eigenvalue weighted by molar-refractivity contribution is -0.122. The summed E-state index contributed by atoms with van der Waals surface area (Å²) in [5, 5.41) is 12.4. The van der Waals surface area contributed by atoms with Crippen LogP contribution < -0.4 is 10.1 Å². The number of hydrogen-bond acceptors (Lipinski definition) is 4. The maximum atomic E-state index is 11.9. The van der Waals surface area contributed by atoms with Crippen LogP contribution in [0, 0.1) is 5.92 Å². The quantitative estimate of drug-likeness (QED) is 0.827. The average Bonchev–Trinajstić information content (AvgIpc) is 2.76. The van der Waals surface area contributed by atoms with Gasteiger partial charge in [0.25, 0.3) is 0 Å². The first kappa shape index (κ1) is 11.9. The molecule has 17 heavy (non-hydrogen) atoms. The molecule has 0 radical (unpaired) electrons. The van der Waals surface area contributed by atoms with Crippen molar-refractivity contribution in [3.05, 3.63) is 18.5 Å². The van der Waals surface area contributed by atoms with Crippen molar-refractivity contribution in [2.45, 2.75) is 25.4 Å². The molecule has 0 aromatic carbocycles. The lowest BCUT2D eigenvalue weighted by Gasteiger charge is -2.15. The summed E-state index contributed by atoms with van der Waals surface area (Å²) in [6, 6.07) is 1.68. The van der Waals surface area contributed by atoms with E-state index in [2.05, 4.69) is 10.3 Å². The van der Waals surface area contributed by atoms with E-state index in [0.29, 0.717) is 17.9 Å². The Morgan fingerprint density at radius 2 is 2.41 bits per heavy atom. The first-order valence-corrected chi connectivity index (χ1v) is 5.69. The largest absolute Gasteiger partial charge is 0.494 e. The number of nitrogens with zero attached hydrogens (tertiary/aromatic N) is 1. The molecule has 0 bridgehead atoms. The second kappa shape index (κ2) is 5.14. The smallest absolute Gasteiger partial charge is 0.230 e. The monoisotopic (exact) mass is 236 g/mol. The highest BCUT2D eigenvalue weighted by atomic mass is 16.5. The van der Waals surface area contributed by atoms with Crippen molar-refractivity contribution in [2.24, 2.45) is 5.92 Å². The summed E-state index contributed by atoms with van der Waals surface area (Å²) in [6.07, 6.45) is 4.93. The molecule has 5 heteroatoms. The topological polar surface area (TPSA) is 71.5 Å². The number of aliphatic hydroxyl groups is 1. The summed E-state index contributed by atoms with van der Waals surface area (Å²) in [6.45, 7) is 0. The Labute approximate surface area is 99.8 Å². The van der Waals surface area contributed by atoms with Gasteiger partial charge in [0, 0.05) is 12.3 Å². The number of nitrogens with one attached hydrogen (secondary N) is 1. The summed E-state index contributed by atoms with van der Waals surface area (Å²) < 4.78 is 5.12. The molecule has 5 nitrogen and oxygen atoms in total. The maximum absolute atomic E-state index is 11.9. The Morgan fingerprint density at radius 3 is 3.06 bits per heavy atom. The highest BCUT2D eigenvalue weighted by Crippen LogP contribution is 2.28. The van der Waals surface area contributed by atoms with Crippen molar-refractivity contribution in [1.82, 2.24) is 4.98 Å². The predicted octanol–water partition coefficient (Wildman–Crippen LogP) is 1.19. The van der Waals surface area contributed by atoms with Crippen LogP contribution in [0.1, 0.15) is 19.3 Å². The fraction of sp³-hybridized carbons (Fsp3) is 0.500. The lowest BCUT2D eigenvalue weighted by Crippen LogP contribution is -2.28. The number of pyridine rings is 1. The van der Waals surface area contributed by atoms with Gasteiger partial charge in [-0.15, -0.1) is 0 Å². The molecule has 1 heterocycles. The number of ether oxygens (including phenoxy) is 1. The van der Waals surface area contributed by atoms with Crippen molar-refractivity contribution >= 4 is 11.6 Å². The van der Waals surface area contributed by atoms with Crippen LogP contribution >= 0.6 is 0 Å². The second-order valence-electron chi connectivity index (χ2n) is 4.17. The molecule has 1 aromatic rings. The molecule has 0 saturated heterocycles. The highest BCUT2D eigenvalue weighted by Gasteiger charge is 2.31. The molecule has 1 amide bonds. The molecule has 92 valence electrons. The molecular formula is C12H16N2O3. The van der Waals surface area contributed by atoms with Gasteiger partial charge in [-0.3, -0.25) is 9.78 Å². The molecule has 2 unspecified atom stereocenters. The number of carbonyl (C=O) groups is 1. The summed E-state index contributed by atoms with van der Waals surface area (Å²) in [5.74, 6) is 0.0852. The first-order chi connectivity index (χ1) is 8.22. The second-order valence-corrected chi connectivity index (χ2v) is 4.17. The van der Waals surface area contributed by atoms with Crippen molar-refractivity contribution in [3.63, 3.8) is 0 Å². The molecule has 1 fully saturated rings. The summed E-state index contributed by atoms with van der Waals surface area (Å²) >= 11 is 0. The van der Waals surface area contributed by atoms with E-state index in [1.807, 2.05) is 0 Å². The number of amides is 1. The first-order valence-electron chi connectivity index (χ1n) is 5.69. The van der Waals surface area contributed by atoms with Crippen molar-refractivity contribution in [2.75, 3.05) is 12.4 Å². The standard InChI is InChI=1S/C12H16N2O3/c1-17-11-5-6-13-7-9(11)14-12(16)8-3-2-4-10(8)15/h5-8,10,15H,2-4H2,1H3,(H,14,16). The normalized spacial score (nSPS) is 23.4. The van der Waals surface area contributed by atoms with E-state index in [0.717, 1.165) is 12.8 Å². The fourth-order valence-corrected chi connectivity index (χ4v) is 2.13. The van der Waals surface area contributed by atoms with E-state index in [1.165, 1.54) is 13.3 Å². The zero-order valence-corrected chi connectivity index (χ0v) is 9.72. The van der Waals surface area contributed by atoms with Crippen LogP contribution in [0.4, 0.5) is 5.69 Å². The van der Waals surface area contributed by atoms with E-state index in [9.17, 15) is 9.90 Å². The molecule has 2 rings (SSSR count). The Kier molecular flexibility index (Phi) is 3.58. The van der Waals surface area contributed by atoms with E-state index in [-0.39, 0.29) is 11.8 Å². The molecule has 1 aromatic heterocycles. The number of carbonyl (C=O) groups excluding carboxylic acids is 1. The summed E-state index contributed by atoms with van der Waals surface area (Å²) in [7, 11) is 1.54. The fourth-order valence-electron chi connectivity index (χ4n) is 2.13. The Bertz CT molecular complexity index is 408. The molecular weight excluding hydrogens is 220 g/mol. The predicted molar refractivity (Wildman–Crippen MR) is 62.8 cm³/mol. The average molecular weight is 236 g/mol. The third kappa shape index (κ3) is 2.55. The van der Waals surface area contributed by atoms with Gasteiger partial charge >= 0.3 is 0 Å². The minimum atomic E-state index is -0.530. The van der Waals surface area contributed by atoms with Crippen LogP contribution in [0.3, 0.4) is 0 Å². The molecule has 2 N–H and O–H groups in total. The number of hydrogen-bond donors (Lipinski definition) is 2. The van der Waals surface area contributed by atoms with Crippen LogP contribution in [-0.2, 0) is 4.79 Å². The summed E-state index contributed by atoms with van der Waals surface area (Å²) in [4.78, 5) is 15.9. The van der Waals surface area contributed by atoms with Gasteiger partial charge in [-0.1, -0.05) is 0 Å². The van der Waals surface area contributed by atoms with E-state index in [1.54, 1.807) is 12.3 Å². The van der Waals surface area contributed by atoms with Gasteiger partial charge < -0.3 is 15.2 Å². The Balaban J connectivity index is 2.07. The van der Waals surface area contributed by atoms with Gasteiger partial charge in [0.05, 0.1) is 25.3 Å². The number of methoxy groups -OCH3 is 1. The molecule has 1 aliphatic rings. The number of rotatable bonds is 3. The molecule has 1 aliphatic carbocycles. The van der Waals surface area contributed by atoms with E-state index in [4.69, 9.17) is 4.74 Å². The maximum Gasteiger partial charge on any atom is 0.230 e. The number of aliphatic hydroxyl groups excluding tert-OH is 1. The SMILES string of the molecule is COc1ccncc1NC(=O)C1CCCC1O. The minimum Gasteiger partial charge on any atom is -0.494 e. The molecule has 2 atom stereocenters. The molecule has 0 spiro atoms. The Morgan fingerprint density at radius 1 is 1.59 bits per heavy atom. The zero-order chi connectivity index (χ0) is 12.3. The van der Waals surface area contributed by atoms with Gasteiger partial charge in [-0.2, -0.15) is 0 Å². The van der Waals surface area contributed by atoms with Crippen LogP contribution in [0.25, 0.3) is 0 Å². The van der Waals surface area contributed by atoms with Gasteiger partial charge in [0.15, 0.2) is 0 Å². The van der Waals surface area contributed by atoms with Crippen molar-refractivity contribution in [3.8, 4) is 5.75 Å². The van der Waals surface area contributed by atoms with Gasteiger partial charge in [0.2, 0.25) is 5.91 Å². The molecule has 1 saturated carbocycles. The van der Waals surface area contributed by atoms with Crippen molar-refractivity contribution in [1.29, 1.82) is 0 Å². The minimum absolute atomic E-state index is 0.165. The third-order valence-corrected chi connectivity index (χ3v) is 3.08. The van der Waals surface area contributed by atoms with E-state index >= 15 is 0 Å². The zero-order valence-electron chi connectivity index (χ0n) is 9.72. The summed E-state index contributed by atoms with van der Waals surface area (Å²) in [5.41, 5.74) is 0.541. The highest BCUT2D eigenvalue weighted by molar-refractivity contribution is 5.94. The number of anilines is 1. The third-order valence-electron chi connectivity index (χ3n) is 3.08. The van der Waals surface area contributed by atoms with Gasteiger partial charge in [-0.05, 0) is 19.3 Å². The molecule has 0 aliphatic heterocycles. The van der Waals surface area contributed by atoms with Gasteiger partial charge in [0.1, 0.15) is 11.4 Å². The van der Waals surface area contributed by atoms with Crippen LogP contribution in [-0.4, -0.2) is 29.2 Å². The van der Waals surface area contributed by atoms with E-state index < -0.39 is 6.10 Å². The van der Waals surface area contributed by atoms with Crippen LogP contribution in [0.5, 0.6) is 5.75 Å². The lowest BCUT2D eigenvalue weighted by atomic mass is 10.1. The van der Waals surface area contributed by atoms with Gasteiger partial charge in [-0.25, -0.2) is 0 Å². The Hall–Kier alpha value is -1.62. The van der Waals surface area contributed by atoms with Crippen LogP contribution in [0.2, 0.25) is 0 Å².